The zero-order chi connectivity index (χ0) is 17.0. The third-order valence-electron chi connectivity index (χ3n) is 4.66. The first-order chi connectivity index (χ1) is 11.5. The second-order valence-corrected chi connectivity index (χ2v) is 8.28. The van der Waals surface area contributed by atoms with Crippen molar-refractivity contribution >= 4 is 15.9 Å². The molecule has 0 spiro atoms. The maximum atomic E-state index is 12.5. The van der Waals surface area contributed by atoms with E-state index in [1.807, 2.05) is 0 Å². The van der Waals surface area contributed by atoms with Gasteiger partial charge in [-0.25, -0.2) is 13.1 Å². The molecule has 2 N–H and O–H groups in total. The summed E-state index contributed by atoms with van der Waals surface area (Å²) in [5.41, 5.74) is 0.364. The molecule has 1 aliphatic carbocycles. The largest absolute Gasteiger partial charge is 0.381 e. The van der Waals surface area contributed by atoms with Gasteiger partial charge in [-0.1, -0.05) is 18.9 Å². The lowest BCUT2D eigenvalue weighted by atomic mass is 10.1. The normalized spacial score (nSPS) is 21.9. The Hall–Kier alpha value is -1.44. The Labute approximate surface area is 143 Å². The zero-order valence-corrected chi connectivity index (χ0v) is 14.5. The van der Waals surface area contributed by atoms with Gasteiger partial charge in [0.2, 0.25) is 10.0 Å². The van der Waals surface area contributed by atoms with Crippen LogP contribution in [0.4, 0.5) is 0 Å². The molecule has 2 aliphatic rings. The Bertz CT molecular complexity index is 678. The molecule has 1 aromatic rings. The summed E-state index contributed by atoms with van der Waals surface area (Å²) in [6.45, 7) is 1.96. The van der Waals surface area contributed by atoms with E-state index >= 15 is 0 Å². The fourth-order valence-electron chi connectivity index (χ4n) is 3.22. The van der Waals surface area contributed by atoms with Crippen LogP contribution in [0.5, 0.6) is 0 Å². The van der Waals surface area contributed by atoms with E-state index in [0.29, 0.717) is 24.6 Å². The van der Waals surface area contributed by atoms with Crippen LogP contribution in [0.15, 0.2) is 29.2 Å². The first-order valence-electron chi connectivity index (χ1n) is 8.53. The highest BCUT2D eigenvalue weighted by atomic mass is 32.2. The van der Waals surface area contributed by atoms with Crippen LogP contribution in [0.3, 0.4) is 0 Å². The molecular formula is C17H24N2O4S. The third-order valence-corrected chi connectivity index (χ3v) is 6.18. The van der Waals surface area contributed by atoms with Crippen LogP contribution in [-0.2, 0) is 14.8 Å². The Morgan fingerprint density at radius 3 is 2.71 bits per heavy atom. The molecule has 7 heteroatoms. The number of ether oxygens (including phenoxy) is 1. The van der Waals surface area contributed by atoms with Crippen LogP contribution in [0, 0.1) is 5.92 Å². The molecule has 0 radical (unpaired) electrons. The van der Waals surface area contributed by atoms with Crippen molar-refractivity contribution in [2.45, 2.75) is 43.0 Å². The predicted molar refractivity (Wildman–Crippen MR) is 90.3 cm³/mol. The van der Waals surface area contributed by atoms with E-state index in [0.717, 1.165) is 38.7 Å². The Balaban J connectivity index is 1.64. The third kappa shape index (κ3) is 4.34. The van der Waals surface area contributed by atoms with Gasteiger partial charge in [0.25, 0.3) is 5.91 Å². The van der Waals surface area contributed by atoms with Crippen LogP contribution < -0.4 is 10.0 Å². The summed E-state index contributed by atoms with van der Waals surface area (Å²) in [6, 6.07) is 6.22. The van der Waals surface area contributed by atoms with E-state index < -0.39 is 10.0 Å². The zero-order valence-electron chi connectivity index (χ0n) is 13.7. The highest BCUT2D eigenvalue weighted by Crippen LogP contribution is 2.21. The minimum atomic E-state index is -3.58. The molecule has 6 nitrogen and oxygen atoms in total. The van der Waals surface area contributed by atoms with Gasteiger partial charge in [-0.05, 0) is 37.5 Å². The van der Waals surface area contributed by atoms with Crippen molar-refractivity contribution in [3.63, 3.8) is 0 Å². The number of rotatable bonds is 6. The summed E-state index contributed by atoms with van der Waals surface area (Å²) >= 11 is 0. The van der Waals surface area contributed by atoms with Crippen molar-refractivity contribution in [3.8, 4) is 0 Å². The van der Waals surface area contributed by atoms with Gasteiger partial charge in [0.15, 0.2) is 0 Å². The average molecular weight is 352 g/mol. The lowest BCUT2D eigenvalue weighted by Crippen LogP contribution is -2.33. The minimum absolute atomic E-state index is 0.00912. The Morgan fingerprint density at radius 2 is 2.00 bits per heavy atom. The molecule has 1 saturated carbocycles. The number of nitrogens with one attached hydrogen (secondary N) is 2. The topological polar surface area (TPSA) is 84.5 Å². The van der Waals surface area contributed by atoms with Crippen molar-refractivity contribution in [2.75, 3.05) is 19.8 Å². The van der Waals surface area contributed by atoms with Crippen molar-refractivity contribution in [3.05, 3.63) is 29.8 Å². The highest BCUT2D eigenvalue weighted by molar-refractivity contribution is 7.89. The molecule has 132 valence electrons. The summed E-state index contributed by atoms with van der Waals surface area (Å²) in [7, 11) is -3.58. The van der Waals surface area contributed by atoms with Crippen molar-refractivity contribution in [1.82, 2.24) is 10.0 Å². The van der Waals surface area contributed by atoms with Crippen LogP contribution in [-0.4, -0.2) is 40.1 Å². The SMILES string of the molecule is O=C(NCC1CCOC1)c1cccc(S(=O)(=O)NC2CCCC2)c1. The highest BCUT2D eigenvalue weighted by Gasteiger charge is 2.23. The van der Waals surface area contributed by atoms with E-state index in [4.69, 9.17) is 4.74 Å². The first kappa shape index (κ1) is 17.4. The lowest BCUT2D eigenvalue weighted by molar-refractivity contribution is 0.0945. The number of amides is 1. The molecule has 1 amide bonds. The molecular weight excluding hydrogens is 328 g/mol. The summed E-state index contributed by atoms with van der Waals surface area (Å²) < 4.78 is 33.0. The van der Waals surface area contributed by atoms with Crippen molar-refractivity contribution in [2.24, 2.45) is 5.92 Å². The lowest BCUT2D eigenvalue weighted by Gasteiger charge is -2.13. The number of carbonyl (C=O) groups excluding carboxylic acids is 1. The van der Waals surface area contributed by atoms with Crippen molar-refractivity contribution in [1.29, 1.82) is 0 Å². The fraction of sp³-hybridized carbons (Fsp3) is 0.588. The Kier molecular flexibility index (Phi) is 5.53. The quantitative estimate of drug-likeness (QED) is 0.816. The van der Waals surface area contributed by atoms with E-state index in [1.54, 1.807) is 12.1 Å². The summed E-state index contributed by atoms with van der Waals surface area (Å²) in [4.78, 5) is 12.4. The molecule has 1 aromatic carbocycles. The van der Waals surface area contributed by atoms with Crippen LogP contribution in [0.2, 0.25) is 0 Å². The second kappa shape index (κ2) is 7.63. The molecule has 1 unspecified atom stereocenters. The molecule has 1 aliphatic heterocycles. The molecule has 0 aromatic heterocycles. The first-order valence-corrected chi connectivity index (χ1v) is 10.0. The number of hydrogen-bond acceptors (Lipinski definition) is 4. The van der Waals surface area contributed by atoms with Gasteiger partial charge in [-0.3, -0.25) is 4.79 Å². The number of carbonyl (C=O) groups is 1. The van der Waals surface area contributed by atoms with Gasteiger partial charge in [0.1, 0.15) is 0 Å². The molecule has 24 heavy (non-hydrogen) atoms. The number of sulfonamides is 1. The van der Waals surface area contributed by atoms with E-state index in [1.165, 1.54) is 12.1 Å². The smallest absolute Gasteiger partial charge is 0.251 e. The summed E-state index contributed by atoms with van der Waals surface area (Å²) in [5.74, 6) is 0.0877. The van der Waals surface area contributed by atoms with Gasteiger partial charge < -0.3 is 10.1 Å². The van der Waals surface area contributed by atoms with Crippen LogP contribution in [0.1, 0.15) is 42.5 Å². The number of benzene rings is 1. The molecule has 1 saturated heterocycles. The average Bonchev–Trinajstić information content (AvgIpc) is 3.26. The van der Waals surface area contributed by atoms with Gasteiger partial charge in [-0.2, -0.15) is 0 Å². The van der Waals surface area contributed by atoms with Crippen molar-refractivity contribution < 1.29 is 17.9 Å². The van der Waals surface area contributed by atoms with E-state index in [2.05, 4.69) is 10.0 Å². The minimum Gasteiger partial charge on any atom is -0.381 e. The Morgan fingerprint density at radius 1 is 1.21 bits per heavy atom. The molecule has 0 bridgehead atoms. The standard InChI is InChI=1S/C17H24N2O4S/c20-17(18-11-13-8-9-23-12-13)14-4-3-7-16(10-14)24(21,22)19-15-5-1-2-6-15/h3-4,7,10,13,15,19H,1-2,5-6,8-9,11-12H2,(H,18,20). The molecule has 1 atom stereocenters. The van der Waals surface area contributed by atoms with Crippen LogP contribution in [0.25, 0.3) is 0 Å². The van der Waals surface area contributed by atoms with Gasteiger partial charge in [0.05, 0.1) is 11.5 Å². The van der Waals surface area contributed by atoms with E-state index in [9.17, 15) is 13.2 Å². The molecule has 3 rings (SSSR count). The second-order valence-electron chi connectivity index (χ2n) is 6.57. The van der Waals surface area contributed by atoms with Gasteiger partial charge in [-0.15, -0.1) is 0 Å². The van der Waals surface area contributed by atoms with Gasteiger partial charge >= 0.3 is 0 Å². The maximum Gasteiger partial charge on any atom is 0.251 e. The van der Waals surface area contributed by atoms with Crippen LogP contribution >= 0.6 is 0 Å². The van der Waals surface area contributed by atoms with E-state index in [-0.39, 0.29) is 16.8 Å². The number of hydrogen-bond donors (Lipinski definition) is 2. The molecule has 1 heterocycles. The van der Waals surface area contributed by atoms with Gasteiger partial charge in [0, 0.05) is 30.7 Å². The fourth-order valence-corrected chi connectivity index (χ4v) is 4.57. The predicted octanol–water partition coefficient (Wildman–Crippen LogP) is 1.67. The molecule has 2 fully saturated rings. The monoisotopic (exact) mass is 352 g/mol. The maximum absolute atomic E-state index is 12.5. The summed E-state index contributed by atoms with van der Waals surface area (Å²) in [5, 5.41) is 2.86. The summed E-state index contributed by atoms with van der Waals surface area (Å²) in [6.07, 6.45) is 4.81.